The van der Waals surface area contributed by atoms with Crippen LogP contribution in [-0.2, 0) is 7.05 Å². The quantitative estimate of drug-likeness (QED) is 0.362. The number of hydrogen-bond donors (Lipinski definition) is 3. The first-order valence-electron chi connectivity index (χ1n) is 13.5. The molecule has 0 saturated heterocycles. The van der Waals surface area contributed by atoms with Crippen LogP contribution in [-0.4, -0.2) is 36.9 Å². The van der Waals surface area contributed by atoms with Gasteiger partial charge in [0.15, 0.2) is 0 Å². The minimum Gasteiger partial charge on any atom is -0.378 e. The van der Waals surface area contributed by atoms with Gasteiger partial charge in [-0.05, 0) is 92.2 Å². The van der Waals surface area contributed by atoms with Crippen LogP contribution in [0.1, 0.15) is 72.1 Å². The van der Waals surface area contributed by atoms with Crippen LogP contribution in [0, 0.1) is 35.3 Å². The van der Waals surface area contributed by atoms with Crippen LogP contribution in [0.2, 0.25) is 5.02 Å². The number of carbonyl (C=O) groups excluding carboxylic acids is 1. The predicted molar refractivity (Wildman–Crippen MR) is 147 cm³/mol. The number of aliphatic hydroxyl groups is 2. The van der Waals surface area contributed by atoms with Crippen LogP contribution in [0.4, 0.5) is 14.5 Å². The molecule has 6 rings (SSSR count). The summed E-state index contributed by atoms with van der Waals surface area (Å²) < 4.78 is 28.4. The molecule has 0 radical (unpaired) electrons. The molecule has 0 aliphatic heterocycles. The van der Waals surface area contributed by atoms with E-state index in [2.05, 4.69) is 22.1 Å². The molecule has 2 unspecified atom stereocenters. The zero-order chi connectivity index (χ0) is 28.2. The smallest absolute Gasteiger partial charge is 0.274 e. The van der Waals surface area contributed by atoms with E-state index in [1.54, 1.807) is 30.1 Å². The van der Waals surface area contributed by atoms with E-state index in [0.717, 1.165) is 18.4 Å². The minimum atomic E-state index is -1.15. The van der Waals surface area contributed by atoms with Gasteiger partial charge < -0.3 is 20.1 Å². The van der Waals surface area contributed by atoms with E-state index in [1.165, 1.54) is 30.3 Å². The highest BCUT2D eigenvalue weighted by Gasteiger charge is 2.50. The number of anilines is 1. The van der Waals surface area contributed by atoms with Crippen LogP contribution >= 0.6 is 11.6 Å². The average molecular weight is 566 g/mol. The van der Waals surface area contributed by atoms with Gasteiger partial charge in [0, 0.05) is 18.7 Å². The highest BCUT2D eigenvalue weighted by Crippen LogP contribution is 2.54. The van der Waals surface area contributed by atoms with Gasteiger partial charge in [-0.2, -0.15) is 0 Å². The number of imidazole rings is 1. The zero-order valence-electron chi connectivity index (χ0n) is 22.0. The summed E-state index contributed by atoms with van der Waals surface area (Å²) in [5, 5.41) is 24.8. The Hall–Kier alpha value is -3.25. The van der Waals surface area contributed by atoms with Crippen molar-refractivity contribution < 1.29 is 23.8 Å². The third-order valence-electron chi connectivity index (χ3n) is 8.82. The van der Waals surface area contributed by atoms with Crippen molar-refractivity contribution in [3.8, 4) is 11.8 Å². The molecule has 1 amide bonds. The van der Waals surface area contributed by atoms with Crippen molar-refractivity contribution >= 4 is 23.2 Å². The number of fused-ring (bicyclic) bond motifs is 1. The molecule has 9 heteroatoms. The summed E-state index contributed by atoms with van der Waals surface area (Å²) in [6, 6.07) is 10.4. The van der Waals surface area contributed by atoms with E-state index in [1.807, 2.05) is 0 Å². The third-order valence-corrected chi connectivity index (χ3v) is 9.11. The molecule has 0 bridgehead atoms. The number of halogens is 3. The number of aromatic nitrogens is 2. The number of rotatable bonds is 4. The zero-order valence-corrected chi connectivity index (χ0v) is 22.8. The molecule has 3 fully saturated rings. The highest BCUT2D eigenvalue weighted by molar-refractivity contribution is 6.31. The summed E-state index contributed by atoms with van der Waals surface area (Å²) in [5.74, 6) is 5.45. The van der Waals surface area contributed by atoms with E-state index >= 15 is 0 Å². The second kappa shape index (κ2) is 9.99. The van der Waals surface area contributed by atoms with E-state index in [0.29, 0.717) is 42.8 Å². The Morgan fingerprint density at radius 3 is 2.25 bits per heavy atom. The number of aryl methyl sites for hydroxylation is 1. The maximum Gasteiger partial charge on any atom is 0.274 e. The van der Waals surface area contributed by atoms with Gasteiger partial charge >= 0.3 is 0 Å². The first-order valence-corrected chi connectivity index (χ1v) is 13.9. The van der Waals surface area contributed by atoms with Crippen LogP contribution in [0.3, 0.4) is 0 Å². The van der Waals surface area contributed by atoms with Crippen LogP contribution in [0.25, 0.3) is 0 Å². The van der Waals surface area contributed by atoms with Gasteiger partial charge in [-0.3, -0.25) is 4.79 Å². The average Bonchev–Trinajstić information content (AvgIpc) is 3.55. The van der Waals surface area contributed by atoms with Crippen molar-refractivity contribution in [2.24, 2.45) is 18.9 Å². The number of nitrogens with zero attached hydrogens (tertiary/aromatic N) is 2. The molecular formula is C31H30ClF2N3O3. The Kier molecular flexibility index (Phi) is 6.73. The third kappa shape index (κ3) is 5.14. The monoisotopic (exact) mass is 565 g/mol. The molecular weight excluding hydrogens is 536 g/mol. The van der Waals surface area contributed by atoms with Crippen molar-refractivity contribution in [2.45, 2.75) is 61.6 Å². The number of benzene rings is 2. The molecule has 1 heterocycles. The standard InChI is InChI=1S/C31H30ClF2N3O3/c1-37-17-35-27(28(37)29(38)36-24-6-7-26(34)25(32)12-24)19-10-20-13-30(39,14-21(20)11-19)8-9-31(40)15-22(16-31)18-2-4-23(33)5-3-18/h2-7,12,17,19-22,39-40H,10-11,13-16H2,1H3,(H,36,38). The largest absolute Gasteiger partial charge is 0.378 e. The second-order valence-electron chi connectivity index (χ2n) is 11.7. The second-order valence-corrected chi connectivity index (χ2v) is 12.1. The fourth-order valence-electron chi connectivity index (χ4n) is 6.84. The molecule has 2 atom stereocenters. The van der Waals surface area contributed by atoms with Crippen LogP contribution in [0.15, 0.2) is 48.8 Å². The Labute approximate surface area is 236 Å². The molecule has 3 N–H and O–H groups in total. The maximum absolute atomic E-state index is 13.5. The lowest BCUT2D eigenvalue weighted by Gasteiger charge is -2.40. The van der Waals surface area contributed by atoms with Crippen LogP contribution in [0.5, 0.6) is 0 Å². The van der Waals surface area contributed by atoms with Crippen LogP contribution < -0.4 is 5.32 Å². The first-order chi connectivity index (χ1) is 19.0. The summed E-state index contributed by atoms with van der Waals surface area (Å²) in [6.45, 7) is 0. The first kappa shape index (κ1) is 26.9. The lowest BCUT2D eigenvalue weighted by molar-refractivity contribution is 0.00463. The molecule has 3 aliphatic carbocycles. The summed E-state index contributed by atoms with van der Waals surface area (Å²) in [4.78, 5) is 17.7. The van der Waals surface area contributed by atoms with E-state index < -0.39 is 17.0 Å². The van der Waals surface area contributed by atoms with E-state index in [9.17, 15) is 23.8 Å². The molecule has 3 aliphatic rings. The molecule has 6 nitrogen and oxygen atoms in total. The molecule has 208 valence electrons. The van der Waals surface area contributed by atoms with Crippen molar-refractivity contribution in [3.05, 3.63) is 82.4 Å². The van der Waals surface area contributed by atoms with Crippen molar-refractivity contribution in [1.29, 1.82) is 0 Å². The predicted octanol–water partition coefficient (Wildman–Crippen LogP) is 5.55. The van der Waals surface area contributed by atoms with Gasteiger partial charge in [0.2, 0.25) is 0 Å². The fraction of sp³-hybridized carbons (Fsp3) is 0.419. The normalized spacial score (nSPS) is 30.8. The number of hydrogen-bond acceptors (Lipinski definition) is 4. The van der Waals surface area contributed by atoms with Gasteiger partial charge in [-0.25, -0.2) is 13.8 Å². The number of carbonyl (C=O) groups is 1. The Bertz CT molecular complexity index is 1510. The summed E-state index contributed by atoms with van der Waals surface area (Å²) in [6.07, 6.45) is 5.14. The van der Waals surface area contributed by atoms with Gasteiger partial charge in [0.05, 0.1) is 17.0 Å². The summed E-state index contributed by atoms with van der Waals surface area (Å²) in [5.41, 5.74) is 0.254. The van der Waals surface area contributed by atoms with Gasteiger partial charge in [-0.1, -0.05) is 35.6 Å². The Morgan fingerprint density at radius 1 is 1.00 bits per heavy atom. The SMILES string of the molecule is Cn1cnc(C2CC3CC(O)(C#CC4(O)CC(c5ccc(F)cc5)C4)CC3C2)c1C(=O)Nc1ccc(F)c(Cl)c1. The highest BCUT2D eigenvalue weighted by atomic mass is 35.5. The van der Waals surface area contributed by atoms with E-state index in [-0.39, 0.29) is 40.4 Å². The van der Waals surface area contributed by atoms with Gasteiger partial charge in [0.1, 0.15) is 28.5 Å². The molecule has 0 spiro atoms. The molecule has 3 saturated carbocycles. The lowest BCUT2D eigenvalue weighted by Crippen LogP contribution is -2.41. The maximum atomic E-state index is 13.5. The summed E-state index contributed by atoms with van der Waals surface area (Å²) in [7, 11) is 1.76. The fourth-order valence-corrected chi connectivity index (χ4v) is 7.02. The Morgan fingerprint density at radius 2 is 1.62 bits per heavy atom. The lowest BCUT2D eigenvalue weighted by atomic mass is 9.68. The topological polar surface area (TPSA) is 87.4 Å². The van der Waals surface area contributed by atoms with Gasteiger partial charge in [-0.15, -0.1) is 0 Å². The van der Waals surface area contributed by atoms with Gasteiger partial charge in [0.25, 0.3) is 5.91 Å². The summed E-state index contributed by atoms with van der Waals surface area (Å²) >= 11 is 5.86. The Balaban J connectivity index is 1.09. The molecule has 40 heavy (non-hydrogen) atoms. The minimum absolute atomic E-state index is 0.0681. The molecule has 1 aromatic heterocycles. The van der Waals surface area contributed by atoms with Crippen molar-refractivity contribution in [2.75, 3.05) is 5.32 Å². The number of nitrogens with one attached hydrogen (secondary N) is 1. The van der Waals surface area contributed by atoms with E-state index in [4.69, 9.17) is 11.6 Å². The van der Waals surface area contributed by atoms with Crippen molar-refractivity contribution in [3.63, 3.8) is 0 Å². The van der Waals surface area contributed by atoms with Crippen molar-refractivity contribution in [1.82, 2.24) is 9.55 Å². The molecule has 2 aromatic carbocycles. The number of amides is 1. The molecule has 3 aromatic rings.